The second-order valence-corrected chi connectivity index (χ2v) is 4.87. The van der Waals surface area contributed by atoms with E-state index in [9.17, 15) is 4.79 Å². The lowest BCUT2D eigenvalue weighted by molar-refractivity contribution is 0.0697. The average Bonchev–Trinajstić information content (AvgIpc) is 2.84. The molecule has 0 fully saturated rings. The number of aromatic nitrogens is 2. The van der Waals surface area contributed by atoms with Crippen molar-refractivity contribution in [2.75, 3.05) is 0 Å². The summed E-state index contributed by atoms with van der Waals surface area (Å²) in [6.45, 7) is 2.78. The van der Waals surface area contributed by atoms with Crippen molar-refractivity contribution < 1.29 is 9.90 Å². The summed E-state index contributed by atoms with van der Waals surface area (Å²) in [4.78, 5) is 15.2. The third kappa shape index (κ3) is 2.28. The molecule has 0 aliphatic rings. The third-order valence-electron chi connectivity index (χ3n) is 3.34. The van der Waals surface area contributed by atoms with E-state index in [0.29, 0.717) is 5.52 Å². The van der Waals surface area contributed by atoms with Crippen molar-refractivity contribution in [3.63, 3.8) is 0 Å². The first-order valence-corrected chi connectivity index (χ1v) is 6.37. The molecule has 4 nitrogen and oxygen atoms in total. The Morgan fingerprint density at radius 3 is 2.65 bits per heavy atom. The number of hydrogen-bond donors (Lipinski definition) is 1. The Morgan fingerprint density at radius 2 is 1.95 bits per heavy atom. The Labute approximate surface area is 116 Å². The summed E-state index contributed by atoms with van der Waals surface area (Å²) in [5, 5.41) is 8.98. The molecule has 0 saturated carbocycles. The number of aromatic carboxylic acids is 1. The number of fused-ring (bicyclic) bond motifs is 1. The molecular weight excluding hydrogens is 252 g/mol. The first-order chi connectivity index (χ1) is 9.63. The van der Waals surface area contributed by atoms with Crippen LogP contribution < -0.4 is 0 Å². The lowest BCUT2D eigenvalue weighted by atomic mass is 10.1. The van der Waals surface area contributed by atoms with Crippen LogP contribution in [0.4, 0.5) is 0 Å². The number of carboxylic acid groups (broad SMARTS) is 1. The molecule has 1 heterocycles. The second kappa shape index (κ2) is 4.81. The summed E-state index contributed by atoms with van der Waals surface area (Å²) in [6.07, 6.45) is 1.75. The van der Waals surface area contributed by atoms with Crippen LogP contribution in [0, 0.1) is 6.92 Å². The van der Waals surface area contributed by atoms with Crippen molar-refractivity contribution in [2.24, 2.45) is 0 Å². The molecule has 3 rings (SSSR count). The fraction of sp³-hybridized carbons (Fsp3) is 0.125. The van der Waals surface area contributed by atoms with E-state index >= 15 is 0 Å². The van der Waals surface area contributed by atoms with Gasteiger partial charge in [-0.05, 0) is 30.7 Å². The van der Waals surface area contributed by atoms with Crippen molar-refractivity contribution in [3.05, 3.63) is 65.5 Å². The fourth-order valence-electron chi connectivity index (χ4n) is 2.21. The Kier molecular flexibility index (Phi) is 2.99. The number of nitrogens with zero attached hydrogens (tertiary/aromatic N) is 2. The van der Waals surface area contributed by atoms with Gasteiger partial charge in [0, 0.05) is 6.54 Å². The van der Waals surface area contributed by atoms with Crippen LogP contribution in [0.2, 0.25) is 0 Å². The van der Waals surface area contributed by atoms with Gasteiger partial charge in [0.2, 0.25) is 0 Å². The standard InChI is InChI=1S/C16H14N2O2/c1-11-2-4-12(5-3-11)9-18-10-17-14-8-13(16(19)20)6-7-15(14)18/h2-8,10H,9H2,1H3,(H,19,20). The Balaban J connectivity index is 1.96. The second-order valence-electron chi connectivity index (χ2n) is 4.87. The highest BCUT2D eigenvalue weighted by atomic mass is 16.4. The zero-order chi connectivity index (χ0) is 14.1. The first-order valence-electron chi connectivity index (χ1n) is 6.37. The molecule has 100 valence electrons. The topological polar surface area (TPSA) is 55.1 Å². The SMILES string of the molecule is Cc1ccc(Cn2cnc3cc(C(=O)O)ccc32)cc1. The van der Waals surface area contributed by atoms with Gasteiger partial charge in [0.1, 0.15) is 0 Å². The van der Waals surface area contributed by atoms with Gasteiger partial charge < -0.3 is 9.67 Å². The Hall–Kier alpha value is -2.62. The highest BCUT2D eigenvalue weighted by Crippen LogP contribution is 2.17. The monoisotopic (exact) mass is 266 g/mol. The van der Waals surface area contributed by atoms with E-state index in [1.165, 1.54) is 11.1 Å². The maximum Gasteiger partial charge on any atom is 0.335 e. The van der Waals surface area contributed by atoms with E-state index in [4.69, 9.17) is 5.11 Å². The maximum absolute atomic E-state index is 10.9. The van der Waals surface area contributed by atoms with Crippen LogP contribution in [-0.4, -0.2) is 20.6 Å². The minimum atomic E-state index is -0.931. The zero-order valence-electron chi connectivity index (χ0n) is 11.1. The number of aryl methyl sites for hydroxylation is 1. The Bertz CT molecular complexity index is 773. The summed E-state index contributed by atoms with van der Waals surface area (Å²) in [7, 11) is 0. The summed E-state index contributed by atoms with van der Waals surface area (Å²) in [6, 6.07) is 13.4. The quantitative estimate of drug-likeness (QED) is 0.792. The summed E-state index contributed by atoms with van der Waals surface area (Å²) in [5.41, 5.74) is 4.33. The average molecular weight is 266 g/mol. The predicted octanol–water partition coefficient (Wildman–Crippen LogP) is 3.09. The van der Waals surface area contributed by atoms with Crippen molar-refractivity contribution in [1.29, 1.82) is 0 Å². The number of imidazole rings is 1. The van der Waals surface area contributed by atoms with Crippen LogP contribution in [0.5, 0.6) is 0 Å². The normalized spacial score (nSPS) is 10.8. The summed E-state index contributed by atoms with van der Waals surface area (Å²) in [5.74, 6) is -0.931. The van der Waals surface area contributed by atoms with E-state index in [0.717, 1.165) is 12.1 Å². The maximum atomic E-state index is 10.9. The molecule has 0 atom stereocenters. The molecule has 4 heteroatoms. The molecule has 1 aromatic heterocycles. The van der Waals surface area contributed by atoms with Crippen molar-refractivity contribution in [2.45, 2.75) is 13.5 Å². The number of carboxylic acids is 1. The number of benzene rings is 2. The van der Waals surface area contributed by atoms with E-state index in [-0.39, 0.29) is 5.56 Å². The molecule has 1 N–H and O–H groups in total. The van der Waals surface area contributed by atoms with Gasteiger partial charge in [0.05, 0.1) is 22.9 Å². The lowest BCUT2D eigenvalue weighted by Crippen LogP contribution is -1.99. The summed E-state index contributed by atoms with van der Waals surface area (Å²) >= 11 is 0. The van der Waals surface area contributed by atoms with Crippen LogP contribution in [0.25, 0.3) is 11.0 Å². The highest BCUT2D eigenvalue weighted by Gasteiger charge is 2.08. The van der Waals surface area contributed by atoms with Gasteiger partial charge in [-0.25, -0.2) is 9.78 Å². The van der Waals surface area contributed by atoms with Gasteiger partial charge in [0.15, 0.2) is 0 Å². The fourth-order valence-corrected chi connectivity index (χ4v) is 2.21. The van der Waals surface area contributed by atoms with E-state index in [1.807, 2.05) is 4.57 Å². The van der Waals surface area contributed by atoms with Gasteiger partial charge in [-0.15, -0.1) is 0 Å². The van der Waals surface area contributed by atoms with Crippen LogP contribution in [0.3, 0.4) is 0 Å². The minimum absolute atomic E-state index is 0.262. The van der Waals surface area contributed by atoms with Crippen LogP contribution in [-0.2, 0) is 6.54 Å². The van der Waals surface area contributed by atoms with Crippen LogP contribution in [0.1, 0.15) is 21.5 Å². The molecule has 0 aliphatic carbocycles. The minimum Gasteiger partial charge on any atom is -0.478 e. The van der Waals surface area contributed by atoms with E-state index < -0.39 is 5.97 Å². The molecular formula is C16H14N2O2. The first kappa shape index (κ1) is 12.4. The number of carbonyl (C=O) groups is 1. The van der Waals surface area contributed by atoms with Crippen LogP contribution in [0.15, 0.2) is 48.8 Å². The van der Waals surface area contributed by atoms with Gasteiger partial charge in [-0.3, -0.25) is 0 Å². The third-order valence-corrected chi connectivity index (χ3v) is 3.34. The molecule has 0 aliphatic heterocycles. The smallest absolute Gasteiger partial charge is 0.335 e. The largest absolute Gasteiger partial charge is 0.478 e. The molecule has 2 aromatic carbocycles. The molecule has 20 heavy (non-hydrogen) atoms. The van der Waals surface area contributed by atoms with Crippen molar-refractivity contribution in [3.8, 4) is 0 Å². The van der Waals surface area contributed by atoms with Gasteiger partial charge in [0.25, 0.3) is 0 Å². The molecule has 0 radical (unpaired) electrons. The molecule has 0 bridgehead atoms. The lowest BCUT2D eigenvalue weighted by Gasteiger charge is -2.05. The molecule has 0 unspecified atom stereocenters. The molecule has 0 saturated heterocycles. The number of hydrogen-bond acceptors (Lipinski definition) is 2. The summed E-state index contributed by atoms with van der Waals surface area (Å²) < 4.78 is 2.02. The van der Waals surface area contributed by atoms with E-state index in [1.54, 1.807) is 24.5 Å². The predicted molar refractivity (Wildman–Crippen MR) is 77.0 cm³/mol. The van der Waals surface area contributed by atoms with Crippen molar-refractivity contribution in [1.82, 2.24) is 9.55 Å². The highest BCUT2D eigenvalue weighted by molar-refractivity contribution is 5.92. The van der Waals surface area contributed by atoms with Gasteiger partial charge in [-0.1, -0.05) is 29.8 Å². The van der Waals surface area contributed by atoms with Crippen LogP contribution >= 0.6 is 0 Å². The van der Waals surface area contributed by atoms with Gasteiger partial charge >= 0.3 is 5.97 Å². The van der Waals surface area contributed by atoms with Gasteiger partial charge in [-0.2, -0.15) is 0 Å². The van der Waals surface area contributed by atoms with E-state index in [2.05, 4.69) is 36.2 Å². The molecule has 3 aromatic rings. The number of rotatable bonds is 3. The Morgan fingerprint density at radius 1 is 1.20 bits per heavy atom. The molecule has 0 spiro atoms. The van der Waals surface area contributed by atoms with Crippen molar-refractivity contribution >= 4 is 17.0 Å². The zero-order valence-corrected chi connectivity index (χ0v) is 11.1. The molecule has 0 amide bonds.